The van der Waals surface area contributed by atoms with E-state index in [0.717, 1.165) is 27.6 Å². The molecule has 0 atom stereocenters. The van der Waals surface area contributed by atoms with Gasteiger partial charge >= 0.3 is 0 Å². The lowest BCUT2D eigenvalue weighted by molar-refractivity contribution is 0.101. The van der Waals surface area contributed by atoms with E-state index >= 15 is 0 Å². The molecule has 3 aromatic carbocycles. The van der Waals surface area contributed by atoms with Crippen molar-refractivity contribution < 1.29 is 13.2 Å². The van der Waals surface area contributed by atoms with Gasteiger partial charge in [-0.3, -0.25) is 4.79 Å². The number of Topliss-reactive ketones (excluding diaryl/α,β-unsaturated/α-hetero) is 1. The summed E-state index contributed by atoms with van der Waals surface area (Å²) in [6.07, 6.45) is 0. The molecule has 0 aliphatic heterocycles. The summed E-state index contributed by atoms with van der Waals surface area (Å²) < 4.78 is 27.7. The summed E-state index contributed by atoms with van der Waals surface area (Å²) in [4.78, 5) is 13.4. The highest BCUT2D eigenvalue weighted by molar-refractivity contribution is 7.92. The number of benzene rings is 3. The summed E-state index contributed by atoms with van der Waals surface area (Å²) in [5.74, 6) is -1.03. The van der Waals surface area contributed by atoms with Crippen molar-refractivity contribution in [2.45, 2.75) is 32.2 Å². The lowest BCUT2D eigenvalue weighted by Gasteiger charge is -2.16. The van der Waals surface area contributed by atoms with Gasteiger partial charge in [0, 0.05) is 23.1 Å². The SMILES string of the molecule is Cc1cc(C)c(Cn2c(C(=O)CS(=O)(=O)c3ccc(N)cc3)cc3ccccc32)c(C)c1. The largest absolute Gasteiger partial charge is 0.399 e. The van der Waals surface area contributed by atoms with Gasteiger partial charge in [0.1, 0.15) is 5.75 Å². The van der Waals surface area contributed by atoms with Gasteiger partial charge < -0.3 is 10.3 Å². The number of anilines is 1. The average Bonchev–Trinajstić information content (AvgIpc) is 3.09. The summed E-state index contributed by atoms with van der Waals surface area (Å²) in [5, 5.41) is 0.906. The predicted octanol–water partition coefficient (Wildman–Crippen LogP) is 4.85. The number of carbonyl (C=O) groups excluding carboxylic acids is 1. The quantitative estimate of drug-likeness (QED) is 0.339. The van der Waals surface area contributed by atoms with Crippen LogP contribution in [0.25, 0.3) is 10.9 Å². The fourth-order valence-corrected chi connectivity index (χ4v) is 5.44. The molecule has 5 nitrogen and oxygen atoms in total. The van der Waals surface area contributed by atoms with E-state index in [0.29, 0.717) is 17.9 Å². The third-order valence-corrected chi connectivity index (χ3v) is 7.45. The van der Waals surface area contributed by atoms with Crippen molar-refractivity contribution in [3.05, 3.63) is 94.7 Å². The number of carbonyl (C=O) groups is 1. The number of nitrogen functional groups attached to an aromatic ring is 1. The van der Waals surface area contributed by atoms with Crippen LogP contribution in [0, 0.1) is 20.8 Å². The minimum absolute atomic E-state index is 0.0907. The van der Waals surface area contributed by atoms with Gasteiger partial charge in [-0.2, -0.15) is 0 Å². The molecule has 0 radical (unpaired) electrons. The molecule has 0 amide bonds. The Morgan fingerprint density at radius 3 is 2.19 bits per heavy atom. The molecule has 0 aliphatic rings. The third-order valence-electron chi connectivity index (χ3n) is 5.81. The van der Waals surface area contributed by atoms with Crippen molar-refractivity contribution in [2.75, 3.05) is 11.5 Å². The Hall–Kier alpha value is -3.38. The van der Waals surface area contributed by atoms with E-state index in [-0.39, 0.29) is 4.90 Å². The van der Waals surface area contributed by atoms with Gasteiger partial charge in [-0.05, 0) is 73.9 Å². The highest BCUT2D eigenvalue weighted by Crippen LogP contribution is 2.26. The second-order valence-electron chi connectivity index (χ2n) is 8.30. The van der Waals surface area contributed by atoms with Crippen LogP contribution in [0.3, 0.4) is 0 Å². The summed E-state index contributed by atoms with van der Waals surface area (Å²) >= 11 is 0. The smallest absolute Gasteiger partial charge is 0.194 e. The second-order valence-corrected chi connectivity index (χ2v) is 10.3. The molecule has 0 bridgehead atoms. The number of nitrogens with two attached hydrogens (primary N) is 1. The van der Waals surface area contributed by atoms with Crippen LogP contribution < -0.4 is 5.73 Å². The van der Waals surface area contributed by atoms with Gasteiger partial charge in [-0.15, -0.1) is 0 Å². The number of ketones is 1. The number of aromatic nitrogens is 1. The number of para-hydroxylation sites is 1. The number of hydrogen-bond acceptors (Lipinski definition) is 4. The van der Waals surface area contributed by atoms with Crippen LogP contribution in [-0.4, -0.2) is 24.5 Å². The Kier molecular flexibility index (Phi) is 5.65. The first-order valence-corrected chi connectivity index (χ1v) is 12.1. The number of fused-ring (bicyclic) bond motifs is 1. The first kappa shape index (κ1) is 21.8. The number of aryl methyl sites for hydroxylation is 3. The Balaban J connectivity index is 1.76. The number of rotatable bonds is 6. The first-order chi connectivity index (χ1) is 15.2. The summed E-state index contributed by atoms with van der Waals surface area (Å²) in [6, 6.07) is 19.7. The van der Waals surface area contributed by atoms with Crippen LogP contribution >= 0.6 is 0 Å². The van der Waals surface area contributed by atoms with Crippen LogP contribution in [-0.2, 0) is 16.4 Å². The van der Waals surface area contributed by atoms with Gasteiger partial charge in [-0.1, -0.05) is 35.9 Å². The van der Waals surface area contributed by atoms with Crippen molar-refractivity contribution in [2.24, 2.45) is 0 Å². The first-order valence-electron chi connectivity index (χ1n) is 10.4. The number of sulfone groups is 1. The fourth-order valence-electron chi connectivity index (χ4n) is 4.23. The lowest BCUT2D eigenvalue weighted by Crippen LogP contribution is -2.20. The molecule has 6 heteroatoms. The zero-order valence-electron chi connectivity index (χ0n) is 18.4. The number of hydrogen-bond donors (Lipinski definition) is 1. The predicted molar refractivity (Wildman–Crippen MR) is 129 cm³/mol. The monoisotopic (exact) mass is 446 g/mol. The van der Waals surface area contributed by atoms with E-state index in [1.165, 1.54) is 29.8 Å². The van der Waals surface area contributed by atoms with Gasteiger partial charge in [0.2, 0.25) is 0 Å². The molecule has 4 rings (SSSR count). The summed E-state index contributed by atoms with van der Waals surface area (Å²) in [7, 11) is -3.79. The zero-order valence-corrected chi connectivity index (χ0v) is 19.2. The summed E-state index contributed by atoms with van der Waals surface area (Å²) in [5.41, 5.74) is 12.0. The van der Waals surface area contributed by atoms with Crippen molar-refractivity contribution in [1.29, 1.82) is 0 Å². The van der Waals surface area contributed by atoms with Gasteiger partial charge in [0.25, 0.3) is 0 Å². The topological polar surface area (TPSA) is 82.2 Å². The molecule has 0 spiro atoms. The molecule has 32 heavy (non-hydrogen) atoms. The molecule has 0 fully saturated rings. The average molecular weight is 447 g/mol. The lowest BCUT2D eigenvalue weighted by atomic mass is 9.99. The highest BCUT2D eigenvalue weighted by atomic mass is 32.2. The van der Waals surface area contributed by atoms with Crippen molar-refractivity contribution in [3.8, 4) is 0 Å². The van der Waals surface area contributed by atoms with Crippen molar-refractivity contribution in [3.63, 3.8) is 0 Å². The van der Waals surface area contributed by atoms with Crippen molar-refractivity contribution >= 4 is 32.2 Å². The molecule has 1 aromatic heterocycles. The summed E-state index contributed by atoms with van der Waals surface area (Å²) in [6.45, 7) is 6.68. The van der Waals surface area contributed by atoms with Crippen LogP contribution in [0.5, 0.6) is 0 Å². The zero-order chi connectivity index (χ0) is 23.0. The Labute approximate surface area is 188 Å². The maximum Gasteiger partial charge on any atom is 0.194 e. The molecule has 0 unspecified atom stereocenters. The molecule has 4 aromatic rings. The van der Waals surface area contributed by atoms with Crippen LogP contribution in [0.1, 0.15) is 32.7 Å². The standard InChI is InChI=1S/C26H26N2O3S/c1-17-12-18(2)23(19(3)13-17)15-28-24-7-5-4-6-20(24)14-25(28)26(29)16-32(30,31)22-10-8-21(27)9-11-22/h4-14H,15-16,27H2,1-3H3. The molecule has 0 aliphatic carbocycles. The Morgan fingerprint density at radius 2 is 1.53 bits per heavy atom. The maximum atomic E-state index is 13.3. The van der Waals surface area contributed by atoms with E-state index < -0.39 is 21.4 Å². The molecule has 0 saturated heterocycles. The van der Waals surface area contributed by atoms with E-state index in [9.17, 15) is 13.2 Å². The van der Waals surface area contributed by atoms with E-state index in [1.807, 2.05) is 28.8 Å². The molecular formula is C26H26N2O3S. The molecular weight excluding hydrogens is 420 g/mol. The van der Waals surface area contributed by atoms with Crippen LogP contribution in [0.4, 0.5) is 5.69 Å². The third kappa shape index (κ3) is 4.18. The van der Waals surface area contributed by atoms with Crippen molar-refractivity contribution in [1.82, 2.24) is 4.57 Å². The Bertz CT molecular complexity index is 1410. The van der Waals surface area contributed by atoms with Crippen LogP contribution in [0.2, 0.25) is 0 Å². The molecule has 1 heterocycles. The van der Waals surface area contributed by atoms with E-state index in [4.69, 9.17) is 5.73 Å². The minimum Gasteiger partial charge on any atom is -0.399 e. The van der Waals surface area contributed by atoms with Gasteiger partial charge in [0.05, 0.1) is 10.6 Å². The molecule has 0 saturated carbocycles. The molecule has 2 N–H and O–H groups in total. The second kappa shape index (κ2) is 8.28. The normalized spacial score (nSPS) is 11.7. The highest BCUT2D eigenvalue weighted by Gasteiger charge is 2.24. The van der Waals surface area contributed by atoms with Crippen LogP contribution in [0.15, 0.2) is 71.6 Å². The molecule has 164 valence electrons. The van der Waals surface area contributed by atoms with Gasteiger partial charge in [0.15, 0.2) is 15.6 Å². The van der Waals surface area contributed by atoms with E-state index in [2.05, 4.69) is 32.9 Å². The number of nitrogens with zero attached hydrogens (tertiary/aromatic N) is 1. The van der Waals surface area contributed by atoms with Gasteiger partial charge in [-0.25, -0.2) is 8.42 Å². The fraction of sp³-hybridized carbons (Fsp3) is 0.192. The maximum absolute atomic E-state index is 13.3. The Morgan fingerprint density at radius 1 is 0.906 bits per heavy atom. The van der Waals surface area contributed by atoms with E-state index in [1.54, 1.807) is 6.07 Å². The minimum atomic E-state index is -3.79.